The summed E-state index contributed by atoms with van der Waals surface area (Å²) < 4.78 is 0.678. The van der Waals surface area contributed by atoms with Crippen molar-refractivity contribution in [2.75, 3.05) is 0 Å². The molecule has 0 amide bonds. The number of rotatable bonds is 2. The van der Waals surface area contributed by atoms with E-state index in [0.29, 0.717) is 19.9 Å². The van der Waals surface area contributed by atoms with E-state index in [4.69, 9.17) is 40.5 Å². The highest BCUT2D eigenvalue weighted by atomic mass is 35.5. The normalized spacial score (nSPS) is 20.2. The number of aliphatic imine (C=N–C) groups is 1. The summed E-state index contributed by atoms with van der Waals surface area (Å²) in [6.07, 6.45) is 1.48. The summed E-state index contributed by atoms with van der Waals surface area (Å²) in [5, 5.41) is 1.000. The molecule has 9 heteroatoms. The van der Waals surface area contributed by atoms with Crippen molar-refractivity contribution < 1.29 is 0 Å². The third kappa shape index (κ3) is 3.02. The summed E-state index contributed by atoms with van der Waals surface area (Å²) >= 11 is 20.0. The van der Waals surface area contributed by atoms with Crippen LogP contribution < -0.4 is 22.7 Å². The number of hydrogen-bond acceptors (Lipinski definition) is 6. The monoisotopic (exact) mass is 363 g/mol. The van der Waals surface area contributed by atoms with Gasteiger partial charge in [0.05, 0.1) is 14.4 Å². The fourth-order valence-electron chi connectivity index (χ4n) is 1.93. The molecule has 1 unspecified atom stereocenters. The molecule has 21 heavy (non-hydrogen) atoms. The molecule has 7 N–H and O–H groups in total. The minimum atomic E-state index is -1.07. The summed E-state index contributed by atoms with van der Waals surface area (Å²) in [7, 11) is 0. The first-order chi connectivity index (χ1) is 9.49. The Morgan fingerprint density at radius 2 is 1.81 bits per heavy atom. The number of nitrogens with one attached hydrogen (secondary N) is 2. The second-order valence-electron chi connectivity index (χ2n) is 4.21. The first-order valence-electron chi connectivity index (χ1n) is 5.60. The molecule has 1 aliphatic rings. The van der Waals surface area contributed by atoms with Crippen LogP contribution in [0.4, 0.5) is 0 Å². The summed E-state index contributed by atoms with van der Waals surface area (Å²) in [6, 6.07) is 7.17. The number of halogens is 3. The molecule has 1 aromatic carbocycles. The maximum Gasteiger partial charge on any atom is 0.206 e. The Kier molecular flexibility index (Phi) is 4.79. The fourth-order valence-corrected chi connectivity index (χ4v) is 3.85. The van der Waals surface area contributed by atoms with Gasteiger partial charge in [-0.25, -0.2) is 4.99 Å². The van der Waals surface area contributed by atoms with E-state index in [1.165, 1.54) is 17.7 Å². The van der Waals surface area contributed by atoms with E-state index in [0.717, 1.165) is 10.4 Å². The maximum absolute atomic E-state index is 6.34. The first kappa shape index (κ1) is 16.5. The van der Waals surface area contributed by atoms with Crippen molar-refractivity contribution in [3.8, 4) is 10.4 Å². The van der Waals surface area contributed by atoms with Crippen LogP contribution in [-0.4, -0.2) is 6.34 Å². The van der Waals surface area contributed by atoms with Crippen molar-refractivity contribution in [3.05, 3.63) is 44.2 Å². The highest BCUT2D eigenvalue weighted by Crippen LogP contribution is 2.41. The Morgan fingerprint density at radius 1 is 1.14 bits per heavy atom. The van der Waals surface area contributed by atoms with Crippen molar-refractivity contribution in [3.63, 3.8) is 0 Å². The Labute approximate surface area is 140 Å². The predicted octanol–water partition coefficient (Wildman–Crippen LogP) is 3.74. The molecular formula is C12H12Cl3N5S. The fraction of sp³-hybridized carbons (Fsp3) is 0.0833. The maximum atomic E-state index is 6.34. The highest BCUT2D eigenvalue weighted by Gasteiger charge is 2.30. The minimum Gasteiger partial charge on any atom is -0.344 e. The number of benzene rings is 1. The summed E-state index contributed by atoms with van der Waals surface area (Å²) in [5.41, 5.74) is 13.1. The molecule has 0 saturated heterocycles. The summed E-state index contributed by atoms with van der Waals surface area (Å²) in [4.78, 5) is 5.03. The average Bonchev–Trinajstić information content (AvgIpc) is 2.99. The molecule has 0 radical (unpaired) electrons. The minimum absolute atomic E-state index is 0. The van der Waals surface area contributed by atoms with Crippen LogP contribution in [-0.2, 0) is 5.79 Å². The van der Waals surface area contributed by atoms with Crippen LogP contribution in [0.2, 0.25) is 14.4 Å². The lowest BCUT2D eigenvalue weighted by molar-refractivity contribution is 0.375. The Morgan fingerprint density at radius 3 is 2.29 bits per heavy atom. The molecule has 1 atom stereocenters. The number of nitrogens with two attached hydrogens (primary N) is 1. The predicted molar refractivity (Wildman–Crippen MR) is 90.4 cm³/mol. The lowest BCUT2D eigenvalue weighted by atomic mass is 10.1. The van der Waals surface area contributed by atoms with Crippen LogP contribution >= 0.6 is 46.1 Å². The topological polar surface area (TPSA) is 97.4 Å². The van der Waals surface area contributed by atoms with Gasteiger partial charge in [0.1, 0.15) is 6.34 Å². The van der Waals surface area contributed by atoms with Gasteiger partial charge in [-0.05, 0) is 24.3 Å². The number of hydrazine groups is 1. The largest absolute Gasteiger partial charge is 0.344 e. The molecule has 112 valence electrons. The van der Waals surface area contributed by atoms with Gasteiger partial charge in [0, 0.05) is 16.0 Å². The molecule has 0 aliphatic carbocycles. The van der Waals surface area contributed by atoms with Crippen LogP contribution in [0.5, 0.6) is 0 Å². The molecule has 0 bridgehead atoms. The number of nitrogens with zero attached hydrogens (tertiary/aromatic N) is 1. The molecule has 3 rings (SSSR count). The van der Waals surface area contributed by atoms with Gasteiger partial charge in [-0.1, -0.05) is 34.8 Å². The second kappa shape index (κ2) is 6.10. The van der Waals surface area contributed by atoms with Gasteiger partial charge in [-0.15, -0.1) is 11.3 Å². The molecule has 0 saturated carbocycles. The van der Waals surface area contributed by atoms with Gasteiger partial charge in [-0.2, -0.15) is 5.43 Å². The van der Waals surface area contributed by atoms with Crippen molar-refractivity contribution in [1.82, 2.24) is 17.0 Å². The average molecular weight is 365 g/mol. The van der Waals surface area contributed by atoms with Gasteiger partial charge in [-0.3, -0.25) is 5.73 Å². The first-order valence-corrected chi connectivity index (χ1v) is 7.55. The molecule has 5 nitrogen and oxygen atoms in total. The Hall–Kier alpha value is -0.860. The van der Waals surface area contributed by atoms with Gasteiger partial charge < -0.3 is 11.6 Å². The molecular weight excluding hydrogens is 353 g/mol. The number of hydrogen-bond donors (Lipinski definition) is 4. The van der Waals surface area contributed by atoms with E-state index in [9.17, 15) is 0 Å². The number of thiophene rings is 1. The molecule has 2 aromatic rings. The van der Waals surface area contributed by atoms with Crippen LogP contribution in [0, 0.1) is 0 Å². The standard InChI is InChI=1S/C12H9Cl3N4S.H3N/c13-7-3-6(12(16)17-5-18-19-12)4-8(14)11(7)9-1-2-10(15)20-9;/h1-5,19H,16H2,(H,17,18);1H3. The summed E-state index contributed by atoms with van der Waals surface area (Å²) in [5.74, 6) is -1.07. The van der Waals surface area contributed by atoms with E-state index in [-0.39, 0.29) is 6.15 Å². The van der Waals surface area contributed by atoms with E-state index in [2.05, 4.69) is 15.8 Å². The quantitative estimate of drug-likeness (QED) is 0.652. The smallest absolute Gasteiger partial charge is 0.206 e. The zero-order valence-corrected chi connectivity index (χ0v) is 13.7. The second-order valence-corrected chi connectivity index (χ2v) is 6.74. The Bertz CT molecular complexity index is 679. The third-order valence-corrected chi connectivity index (χ3v) is 4.74. The van der Waals surface area contributed by atoms with Crippen molar-refractivity contribution in [1.29, 1.82) is 0 Å². The summed E-state index contributed by atoms with van der Waals surface area (Å²) in [6.45, 7) is 0. The molecule has 1 aromatic heterocycles. The van der Waals surface area contributed by atoms with Gasteiger partial charge >= 0.3 is 0 Å². The van der Waals surface area contributed by atoms with Crippen molar-refractivity contribution >= 4 is 52.5 Å². The van der Waals surface area contributed by atoms with Crippen LogP contribution in [0.1, 0.15) is 5.56 Å². The van der Waals surface area contributed by atoms with Crippen LogP contribution in [0.25, 0.3) is 10.4 Å². The van der Waals surface area contributed by atoms with Crippen LogP contribution in [0.15, 0.2) is 29.3 Å². The van der Waals surface area contributed by atoms with E-state index < -0.39 is 5.79 Å². The van der Waals surface area contributed by atoms with E-state index in [1.54, 1.807) is 18.2 Å². The van der Waals surface area contributed by atoms with Crippen molar-refractivity contribution in [2.45, 2.75) is 5.79 Å². The highest BCUT2D eigenvalue weighted by molar-refractivity contribution is 7.19. The van der Waals surface area contributed by atoms with E-state index in [1.807, 2.05) is 6.07 Å². The van der Waals surface area contributed by atoms with E-state index >= 15 is 0 Å². The molecule has 0 spiro atoms. The SMILES string of the molecule is N.NC1(c2cc(Cl)c(-c3ccc(Cl)s3)c(Cl)c2)N=CNN1. The lowest BCUT2D eigenvalue weighted by Gasteiger charge is -2.22. The van der Waals surface area contributed by atoms with Gasteiger partial charge in [0.15, 0.2) is 0 Å². The van der Waals surface area contributed by atoms with Gasteiger partial charge in [0.25, 0.3) is 0 Å². The van der Waals surface area contributed by atoms with Crippen LogP contribution in [0.3, 0.4) is 0 Å². The molecule has 0 fully saturated rings. The molecule has 2 heterocycles. The zero-order valence-electron chi connectivity index (χ0n) is 10.7. The lowest BCUT2D eigenvalue weighted by Crippen LogP contribution is -2.49. The van der Waals surface area contributed by atoms with Gasteiger partial charge in [0.2, 0.25) is 5.79 Å². The zero-order chi connectivity index (χ0) is 14.3. The molecule has 1 aliphatic heterocycles. The Balaban J connectivity index is 0.00000161. The third-order valence-electron chi connectivity index (χ3n) is 2.90. The van der Waals surface area contributed by atoms with Crippen molar-refractivity contribution in [2.24, 2.45) is 10.7 Å².